The van der Waals surface area contributed by atoms with Gasteiger partial charge >= 0.3 is 0 Å². The predicted molar refractivity (Wildman–Crippen MR) is 91.8 cm³/mol. The first-order chi connectivity index (χ1) is 11.3. The Balaban J connectivity index is 2.22. The first-order valence-corrected chi connectivity index (χ1v) is 9.34. The lowest BCUT2D eigenvalue weighted by Crippen LogP contribution is -2.17. The van der Waals surface area contributed by atoms with Gasteiger partial charge in [-0.05, 0) is 18.6 Å². The minimum Gasteiger partial charge on any atom is -0.383 e. The van der Waals surface area contributed by atoms with Gasteiger partial charge in [0.2, 0.25) is 15.2 Å². The third kappa shape index (κ3) is 4.61. The minimum absolute atomic E-state index is 0.166. The number of rotatable bonds is 7. The summed E-state index contributed by atoms with van der Waals surface area (Å²) >= 11 is 1.17. The van der Waals surface area contributed by atoms with Crippen LogP contribution in [0.2, 0.25) is 0 Å². The second-order valence-corrected chi connectivity index (χ2v) is 7.39. The van der Waals surface area contributed by atoms with Crippen molar-refractivity contribution in [2.24, 2.45) is 5.10 Å². The zero-order valence-corrected chi connectivity index (χ0v) is 14.2. The molecule has 2 aromatic rings. The molecule has 0 atom stereocenters. The van der Waals surface area contributed by atoms with E-state index in [0.29, 0.717) is 17.4 Å². The van der Waals surface area contributed by atoms with Crippen LogP contribution < -0.4 is 15.9 Å². The monoisotopic (exact) mass is 375 g/mol. The van der Waals surface area contributed by atoms with Crippen molar-refractivity contribution in [1.82, 2.24) is 4.98 Å². The van der Waals surface area contributed by atoms with E-state index >= 15 is 0 Å². The van der Waals surface area contributed by atoms with E-state index in [1.54, 1.807) is 12.3 Å². The van der Waals surface area contributed by atoms with Crippen LogP contribution in [0.5, 0.6) is 0 Å². The Kier molecular flexibility index (Phi) is 5.67. The summed E-state index contributed by atoms with van der Waals surface area (Å²) in [5.41, 5.74) is 7.09. The summed E-state index contributed by atoms with van der Waals surface area (Å²) in [6.45, 7) is 1.68. The van der Waals surface area contributed by atoms with Gasteiger partial charge in [-0.25, -0.2) is 22.2 Å². The predicted octanol–water partition coefficient (Wildman–Crippen LogP) is 2.60. The van der Waals surface area contributed by atoms with Crippen molar-refractivity contribution in [2.45, 2.75) is 13.3 Å². The van der Waals surface area contributed by atoms with Crippen LogP contribution in [-0.2, 0) is 10.0 Å². The molecule has 0 amide bonds. The van der Waals surface area contributed by atoms with Gasteiger partial charge in [0.25, 0.3) is 0 Å². The van der Waals surface area contributed by atoms with Gasteiger partial charge in [0.05, 0.1) is 23.2 Å². The maximum Gasteiger partial charge on any atom is 0.232 e. The smallest absolute Gasteiger partial charge is 0.232 e. The van der Waals surface area contributed by atoms with E-state index in [1.807, 2.05) is 0 Å². The molecule has 11 heteroatoms. The number of hydrazone groups is 1. The number of nitrogens with one attached hydrogen (secondary N) is 2. The summed E-state index contributed by atoms with van der Waals surface area (Å²) in [5.74, 6) is -1.81. The molecule has 0 aliphatic rings. The number of nitrogens with zero attached hydrogens (tertiary/aromatic N) is 2. The van der Waals surface area contributed by atoms with Gasteiger partial charge in [-0.2, -0.15) is 5.10 Å². The molecule has 0 bridgehead atoms. The second-order valence-electron chi connectivity index (χ2n) is 4.69. The number of sulfonamides is 1. The highest BCUT2D eigenvalue weighted by atomic mass is 32.2. The van der Waals surface area contributed by atoms with Crippen molar-refractivity contribution in [3.05, 3.63) is 34.7 Å². The van der Waals surface area contributed by atoms with Gasteiger partial charge in [0.15, 0.2) is 5.82 Å². The standard InChI is InChI=1S/C13H15F2N5O2S2/c1-2-5-24(21,22)20-10-4-3-9(14)8(12(10)15)6-17-19-13-18-11(16)7-23-13/h3-4,6-7,20H,2,5,16H2,1H3,(H,18,19). The van der Waals surface area contributed by atoms with E-state index in [0.717, 1.165) is 18.3 Å². The number of aromatic nitrogens is 1. The quantitative estimate of drug-likeness (QED) is 0.509. The van der Waals surface area contributed by atoms with Crippen LogP contribution in [-0.4, -0.2) is 25.4 Å². The van der Waals surface area contributed by atoms with Crippen LogP contribution in [0.4, 0.5) is 25.4 Å². The Labute approximate surface area is 141 Å². The van der Waals surface area contributed by atoms with E-state index < -0.39 is 27.2 Å². The highest BCUT2D eigenvalue weighted by Gasteiger charge is 2.17. The summed E-state index contributed by atoms with van der Waals surface area (Å²) in [4.78, 5) is 3.87. The number of thiazole rings is 1. The summed E-state index contributed by atoms with van der Waals surface area (Å²) < 4.78 is 53.6. The molecular weight excluding hydrogens is 360 g/mol. The van der Waals surface area contributed by atoms with Crippen LogP contribution in [0.25, 0.3) is 0 Å². The summed E-state index contributed by atoms with van der Waals surface area (Å²) in [7, 11) is -3.69. The van der Waals surface area contributed by atoms with Gasteiger partial charge < -0.3 is 5.73 Å². The third-order valence-electron chi connectivity index (χ3n) is 2.74. The van der Waals surface area contributed by atoms with E-state index in [4.69, 9.17) is 5.73 Å². The van der Waals surface area contributed by atoms with Crippen molar-refractivity contribution >= 4 is 44.2 Å². The van der Waals surface area contributed by atoms with Crippen molar-refractivity contribution in [3.8, 4) is 0 Å². The summed E-state index contributed by atoms with van der Waals surface area (Å²) in [6.07, 6.45) is 1.27. The second kappa shape index (κ2) is 7.53. The average Bonchev–Trinajstić information content (AvgIpc) is 2.91. The minimum atomic E-state index is -3.69. The zero-order valence-electron chi connectivity index (χ0n) is 12.6. The fourth-order valence-electron chi connectivity index (χ4n) is 1.74. The molecule has 4 N–H and O–H groups in total. The maximum absolute atomic E-state index is 14.3. The molecule has 0 aliphatic heterocycles. The van der Waals surface area contributed by atoms with Gasteiger partial charge in [-0.15, -0.1) is 11.3 Å². The SMILES string of the molecule is CCCS(=O)(=O)Nc1ccc(F)c(C=NNc2nc(N)cs2)c1F. The first-order valence-electron chi connectivity index (χ1n) is 6.81. The van der Waals surface area contributed by atoms with Crippen molar-refractivity contribution < 1.29 is 17.2 Å². The number of hydrogen-bond donors (Lipinski definition) is 3. The Morgan fingerprint density at radius 1 is 1.42 bits per heavy atom. The number of nitrogens with two attached hydrogens (primary N) is 1. The molecular formula is C13H15F2N5O2S2. The lowest BCUT2D eigenvalue weighted by atomic mass is 10.2. The molecule has 24 heavy (non-hydrogen) atoms. The number of hydrogen-bond acceptors (Lipinski definition) is 7. The first kappa shape index (κ1) is 18.1. The Hall–Kier alpha value is -2.27. The number of halogens is 2. The molecule has 0 saturated heterocycles. The molecule has 0 unspecified atom stereocenters. The molecule has 1 aromatic carbocycles. The average molecular weight is 375 g/mol. The number of benzene rings is 1. The molecule has 0 radical (unpaired) electrons. The molecule has 1 heterocycles. The largest absolute Gasteiger partial charge is 0.383 e. The number of nitrogen functional groups attached to an aromatic ring is 1. The van der Waals surface area contributed by atoms with Crippen molar-refractivity contribution in [3.63, 3.8) is 0 Å². The fraction of sp³-hybridized carbons (Fsp3) is 0.231. The summed E-state index contributed by atoms with van der Waals surface area (Å²) in [6, 6.07) is 1.97. The van der Waals surface area contributed by atoms with Crippen LogP contribution >= 0.6 is 11.3 Å². The molecule has 130 valence electrons. The van der Waals surface area contributed by atoms with E-state index in [2.05, 4.69) is 20.2 Å². The Morgan fingerprint density at radius 2 is 2.17 bits per heavy atom. The number of anilines is 3. The molecule has 0 spiro atoms. The van der Waals surface area contributed by atoms with Gasteiger partial charge in [0.1, 0.15) is 11.6 Å². The zero-order chi connectivity index (χ0) is 17.7. The van der Waals surface area contributed by atoms with E-state index in [-0.39, 0.29) is 11.4 Å². The Morgan fingerprint density at radius 3 is 2.79 bits per heavy atom. The molecule has 1 aromatic heterocycles. The normalized spacial score (nSPS) is 11.8. The van der Waals surface area contributed by atoms with Crippen LogP contribution in [0, 0.1) is 11.6 Å². The van der Waals surface area contributed by atoms with Crippen LogP contribution in [0.1, 0.15) is 18.9 Å². The maximum atomic E-state index is 14.3. The van der Waals surface area contributed by atoms with E-state index in [9.17, 15) is 17.2 Å². The molecule has 7 nitrogen and oxygen atoms in total. The fourth-order valence-corrected chi connectivity index (χ4v) is 3.42. The van der Waals surface area contributed by atoms with Crippen LogP contribution in [0.3, 0.4) is 0 Å². The van der Waals surface area contributed by atoms with Gasteiger partial charge in [-0.3, -0.25) is 10.1 Å². The molecule has 0 fully saturated rings. The lowest BCUT2D eigenvalue weighted by molar-refractivity contribution is 0.580. The van der Waals surface area contributed by atoms with Crippen LogP contribution in [0.15, 0.2) is 22.6 Å². The molecule has 0 saturated carbocycles. The molecule has 2 rings (SSSR count). The van der Waals surface area contributed by atoms with Gasteiger partial charge in [0, 0.05) is 5.38 Å². The highest BCUT2D eigenvalue weighted by Crippen LogP contribution is 2.22. The van der Waals surface area contributed by atoms with E-state index in [1.165, 1.54) is 11.3 Å². The highest BCUT2D eigenvalue weighted by molar-refractivity contribution is 7.92. The Bertz CT molecular complexity index is 852. The third-order valence-corrected chi connectivity index (χ3v) is 4.98. The summed E-state index contributed by atoms with van der Waals surface area (Å²) in [5, 5.41) is 5.60. The lowest BCUT2D eigenvalue weighted by Gasteiger charge is -2.10. The van der Waals surface area contributed by atoms with Gasteiger partial charge in [-0.1, -0.05) is 6.92 Å². The molecule has 0 aliphatic carbocycles. The topological polar surface area (TPSA) is 109 Å². The van der Waals surface area contributed by atoms with Crippen molar-refractivity contribution in [2.75, 3.05) is 21.6 Å². The van der Waals surface area contributed by atoms with Crippen molar-refractivity contribution in [1.29, 1.82) is 0 Å².